The highest BCUT2D eigenvalue weighted by molar-refractivity contribution is 4.80. The lowest BCUT2D eigenvalue weighted by molar-refractivity contribution is 0.330. The monoisotopic (exact) mass is 197 g/mol. The van der Waals surface area contributed by atoms with Crippen molar-refractivity contribution in [3.05, 3.63) is 0 Å². The Balaban J connectivity index is 1.53. The van der Waals surface area contributed by atoms with Crippen LogP contribution in [0.1, 0.15) is 19.3 Å². The van der Waals surface area contributed by atoms with E-state index < -0.39 is 0 Å². The molecule has 0 spiro atoms. The van der Waals surface area contributed by atoms with Gasteiger partial charge in [0.05, 0.1) is 0 Å². The van der Waals surface area contributed by atoms with E-state index in [1.165, 1.54) is 45.4 Å². The van der Waals surface area contributed by atoms with Gasteiger partial charge in [-0.15, -0.1) is 0 Å². The van der Waals surface area contributed by atoms with Gasteiger partial charge in [0.15, 0.2) is 0 Å². The summed E-state index contributed by atoms with van der Waals surface area (Å²) in [5, 5.41) is 3.59. The van der Waals surface area contributed by atoms with Gasteiger partial charge in [-0.05, 0) is 50.7 Å². The van der Waals surface area contributed by atoms with Crippen molar-refractivity contribution in [1.82, 2.24) is 10.2 Å². The van der Waals surface area contributed by atoms with Crippen molar-refractivity contribution in [2.24, 2.45) is 17.6 Å². The highest BCUT2D eigenvalue weighted by Crippen LogP contribution is 2.27. The summed E-state index contributed by atoms with van der Waals surface area (Å²) in [5.74, 6) is 1.89. The molecule has 0 aromatic heterocycles. The van der Waals surface area contributed by atoms with Crippen molar-refractivity contribution in [1.29, 1.82) is 0 Å². The Hall–Kier alpha value is -0.120. The molecule has 0 aromatic carbocycles. The normalized spacial score (nSPS) is 28.5. The van der Waals surface area contributed by atoms with E-state index in [-0.39, 0.29) is 0 Å². The summed E-state index contributed by atoms with van der Waals surface area (Å²) in [4.78, 5) is 2.49. The molecule has 1 atom stereocenters. The molecule has 0 aromatic rings. The molecule has 3 nitrogen and oxygen atoms in total. The molecule has 0 radical (unpaired) electrons. The maximum atomic E-state index is 5.54. The Labute approximate surface area is 87.0 Å². The fourth-order valence-corrected chi connectivity index (χ4v) is 2.28. The van der Waals surface area contributed by atoms with Gasteiger partial charge in [-0.2, -0.15) is 0 Å². The lowest BCUT2D eigenvalue weighted by Gasteiger charge is -2.14. The Morgan fingerprint density at radius 3 is 2.64 bits per heavy atom. The van der Waals surface area contributed by atoms with E-state index in [1.54, 1.807) is 0 Å². The lowest BCUT2D eigenvalue weighted by Crippen LogP contribution is -2.30. The number of nitrogens with zero attached hydrogens (tertiary/aromatic N) is 1. The summed E-state index contributed by atoms with van der Waals surface area (Å²) in [6.07, 6.45) is 4.27. The molecule has 14 heavy (non-hydrogen) atoms. The van der Waals surface area contributed by atoms with Crippen LogP contribution in [0, 0.1) is 11.8 Å². The van der Waals surface area contributed by atoms with Crippen LogP contribution in [0.15, 0.2) is 0 Å². The second-order valence-electron chi connectivity index (χ2n) is 4.85. The third-order valence-electron chi connectivity index (χ3n) is 3.38. The first-order valence-corrected chi connectivity index (χ1v) is 6.01. The van der Waals surface area contributed by atoms with Gasteiger partial charge in [-0.3, -0.25) is 0 Å². The first-order chi connectivity index (χ1) is 6.88. The van der Waals surface area contributed by atoms with Crippen molar-refractivity contribution < 1.29 is 0 Å². The first-order valence-electron chi connectivity index (χ1n) is 6.01. The molecule has 1 aliphatic heterocycles. The number of likely N-dealkylation sites (tertiary alicyclic amines) is 1. The number of hydrogen-bond acceptors (Lipinski definition) is 3. The van der Waals surface area contributed by atoms with E-state index in [9.17, 15) is 0 Å². The van der Waals surface area contributed by atoms with Crippen molar-refractivity contribution in [3.63, 3.8) is 0 Å². The van der Waals surface area contributed by atoms with Crippen molar-refractivity contribution in [2.45, 2.75) is 19.3 Å². The molecule has 1 saturated heterocycles. The van der Waals surface area contributed by atoms with E-state index in [2.05, 4.69) is 10.2 Å². The minimum Gasteiger partial charge on any atom is -0.329 e. The van der Waals surface area contributed by atoms with Crippen LogP contribution in [0.3, 0.4) is 0 Å². The van der Waals surface area contributed by atoms with E-state index in [4.69, 9.17) is 5.73 Å². The van der Waals surface area contributed by atoms with Gasteiger partial charge in [0.1, 0.15) is 0 Å². The first kappa shape index (κ1) is 10.4. The minimum atomic E-state index is 0.808. The molecule has 1 aliphatic carbocycles. The van der Waals surface area contributed by atoms with E-state index in [0.717, 1.165) is 24.9 Å². The van der Waals surface area contributed by atoms with Crippen molar-refractivity contribution in [3.8, 4) is 0 Å². The summed E-state index contributed by atoms with van der Waals surface area (Å²) in [7, 11) is 0. The van der Waals surface area contributed by atoms with Gasteiger partial charge in [-0.1, -0.05) is 0 Å². The molecule has 3 N–H and O–H groups in total. The average Bonchev–Trinajstić information content (AvgIpc) is 2.88. The minimum absolute atomic E-state index is 0.808. The summed E-state index contributed by atoms with van der Waals surface area (Å²) in [6, 6.07) is 0. The molecule has 2 fully saturated rings. The average molecular weight is 197 g/mol. The second kappa shape index (κ2) is 5.10. The van der Waals surface area contributed by atoms with Gasteiger partial charge in [0.2, 0.25) is 0 Å². The van der Waals surface area contributed by atoms with Gasteiger partial charge >= 0.3 is 0 Å². The number of rotatable bonds is 6. The molecule has 2 aliphatic rings. The molecule has 82 valence electrons. The van der Waals surface area contributed by atoms with E-state index in [1.807, 2.05) is 0 Å². The van der Waals surface area contributed by atoms with Crippen LogP contribution >= 0.6 is 0 Å². The van der Waals surface area contributed by atoms with Crippen molar-refractivity contribution in [2.75, 3.05) is 39.3 Å². The number of nitrogens with one attached hydrogen (secondary N) is 1. The van der Waals surface area contributed by atoms with Crippen LogP contribution in [-0.2, 0) is 0 Å². The molecule has 1 unspecified atom stereocenters. The predicted octanol–water partition coefficient (Wildman–Crippen LogP) is 0.267. The van der Waals surface area contributed by atoms with Crippen molar-refractivity contribution >= 4 is 0 Å². The van der Waals surface area contributed by atoms with Crippen LogP contribution in [0.2, 0.25) is 0 Å². The summed E-state index contributed by atoms with van der Waals surface area (Å²) < 4.78 is 0. The zero-order valence-corrected chi connectivity index (χ0v) is 9.04. The summed E-state index contributed by atoms with van der Waals surface area (Å²) in [6.45, 7) is 6.88. The molecule has 2 rings (SSSR count). The Morgan fingerprint density at radius 1 is 1.14 bits per heavy atom. The number of nitrogens with two attached hydrogens (primary N) is 1. The second-order valence-corrected chi connectivity index (χ2v) is 4.85. The molecule has 1 saturated carbocycles. The fraction of sp³-hybridized carbons (Fsp3) is 1.00. The summed E-state index contributed by atoms with van der Waals surface area (Å²) >= 11 is 0. The van der Waals surface area contributed by atoms with Gasteiger partial charge in [0, 0.05) is 19.6 Å². The number of hydrogen-bond donors (Lipinski definition) is 2. The van der Waals surface area contributed by atoms with Gasteiger partial charge < -0.3 is 16.0 Å². The zero-order chi connectivity index (χ0) is 9.80. The molecule has 1 heterocycles. The van der Waals surface area contributed by atoms with Crippen LogP contribution in [-0.4, -0.2) is 44.2 Å². The topological polar surface area (TPSA) is 41.3 Å². The zero-order valence-electron chi connectivity index (χ0n) is 9.04. The van der Waals surface area contributed by atoms with Gasteiger partial charge in [0.25, 0.3) is 0 Å². The van der Waals surface area contributed by atoms with E-state index in [0.29, 0.717) is 0 Å². The maximum Gasteiger partial charge on any atom is 0.0105 e. The predicted molar refractivity (Wildman–Crippen MR) is 59.2 cm³/mol. The third kappa shape index (κ3) is 3.23. The molecular formula is C11H23N3. The van der Waals surface area contributed by atoms with Gasteiger partial charge in [-0.25, -0.2) is 0 Å². The largest absolute Gasteiger partial charge is 0.329 e. The third-order valence-corrected chi connectivity index (χ3v) is 3.38. The Kier molecular flexibility index (Phi) is 3.79. The standard InChI is InChI=1S/C11H23N3/c12-4-6-14-5-3-11(9-14)8-13-7-10-1-2-10/h10-11,13H,1-9,12H2. The van der Waals surface area contributed by atoms with Crippen LogP contribution < -0.4 is 11.1 Å². The summed E-state index contributed by atoms with van der Waals surface area (Å²) in [5.41, 5.74) is 5.54. The molecular weight excluding hydrogens is 174 g/mol. The van der Waals surface area contributed by atoms with Crippen LogP contribution in [0.5, 0.6) is 0 Å². The molecule has 0 amide bonds. The maximum absolute atomic E-state index is 5.54. The van der Waals surface area contributed by atoms with E-state index >= 15 is 0 Å². The molecule has 3 heteroatoms. The highest BCUT2D eigenvalue weighted by Gasteiger charge is 2.23. The SMILES string of the molecule is NCCN1CCC(CNCC2CC2)C1. The van der Waals surface area contributed by atoms with Crippen LogP contribution in [0.25, 0.3) is 0 Å². The smallest absolute Gasteiger partial charge is 0.0105 e. The Bertz CT molecular complexity index is 168. The molecule has 0 bridgehead atoms. The highest BCUT2D eigenvalue weighted by atomic mass is 15.2. The Morgan fingerprint density at radius 2 is 1.93 bits per heavy atom. The van der Waals surface area contributed by atoms with Crippen LogP contribution in [0.4, 0.5) is 0 Å². The lowest BCUT2D eigenvalue weighted by atomic mass is 10.1. The quantitative estimate of drug-likeness (QED) is 0.642. The fourth-order valence-electron chi connectivity index (χ4n) is 2.28.